The Morgan fingerprint density at radius 1 is 1.00 bits per heavy atom. The average Bonchev–Trinajstić information content (AvgIpc) is 2.73. The Balaban J connectivity index is 2.18. The lowest BCUT2D eigenvalue weighted by Gasteiger charge is -2.30. The van der Waals surface area contributed by atoms with E-state index in [9.17, 15) is 9.59 Å². The third-order valence-corrected chi connectivity index (χ3v) is 4.35. The molecule has 1 N–H and O–H groups in total. The lowest BCUT2D eigenvalue weighted by molar-refractivity contribution is -0.142. The molecule has 0 aromatic heterocycles. The predicted molar refractivity (Wildman–Crippen MR) is 108 cm³/mol. The van der Waals surface area contributed by atoms with Crippen molar-refractivity contribution in [1.82, 2.24) is 10.2 Å². The number of nitrogens with zero attached hydrogens (tertiary/aromatic N) is 1. The summed E-state index contributed by atoms with van der Waals surface area (Å²) in [6.07, 6.45) is 0.513. The molecule has 0 bridgehead atoms. The third kappa shape index (κ3) is 5.74. The number of para-hydroxylation sites is 2. The van der Waals surface area contributed by atoms with Crippen molar-refractivity contribution in [2.75, 3.05) is 20.3 Å². The third-order valence-electron chi connectivity index (χ3n) is 4.35. The van der Waals surface area contributed by atoms with E-state index in [0.29, 0.717) is 31.0 Å². The Morgan fingerprint density at radius 2 is 1.64 bits per heavy atom. The van der Waals surface area contributed by atoms with Gasteiger partial charge in [0.25, 0.3) is 5.91 Å². The molecule has 0 saturated carbocycles. The summed E-state index contributed by atoms with van der Waals surface area (Å²) in [6, 6.07) is 16.2. The molecule has 0 heterocycles. The standard InChI is InChI=1S/C22H28N2O4/c1-4-18(22(26)23-5-2)24(15-17-11-7-6-8-12-17)21(25)16-28-20-14-10-9-13-19(20)27-3/h6-14,18H,4-5,15-16H2,1-3H3,(H,23,26). The first-order chi connectivity index (χ1) is 13.6. The van der Waals surface area contributed by atoms with E-state index in [1.54, 1.807) is 24.1 Å². The van der Waals surface area contributed by atoms with Gasteiger partial charge in [-0.3, -0.25) is 9.59 Å². The van der Waals surface area contributed by atoms with Crippen LogP contribution in [0.5, 0.6) is 11.5 Å². The fraction of sp³-hybridized carbons (Fsp3) is 0.364. The largest absolute Gasteiger partial charge is 0.493 e. The van der Waals surface area contributed by atoms with Crippen molar-refractivity contribution in [2.24, 2.45) is 0 Å². The van der Waals surface area contributed by atoms with Crippen molar-refractivity contribution in [3.05, 3.63) is 60.2 Å². The van der Waals surface area contributed by atoms with E-state index < -0.39 is 6.04 Å². The Morgan fingerprint density at radius 3 is 2.25 bits per heavy atom. The maximum atomic E-state index is 13.0. The molecule has 28 heavy (non-hydrogen) atoms. The van der Waals surface area contributed by atoms with Crippen molar-refractivity contribution in [1.29, 1.82) is 0 Å². The van der Waals surface area contributed by atoms with Gasteiger partial charge >= 0.3 is 0 Å². The van der Waals surface area contributed by atoms with Crippen LogP contribution in [-0.2, 0) is 16.1 Å². The van der Waals surface area contributed by atoms with Crippen LogP contribution in [0.15, 0.2) is 54.6 Å². The number of rotatable bonds is 10. The van der Waals surface area contributed by atoms with Crippen molar-refractivity contribution in [2.45, 2.75) is 32.9 Å². The first-order valence-corrected chi connectivity index (χ1v) is 9.47. The number of ether oxygens (including phenoxy) is 2. The molecule has 2 rings (SSSR count). The van der Waals surface area contributed by atoms with Crippen LogP contribution in [-0.4, -0.2) is 43.0 Å². The van der Waals surface area contributed by atoms with Crippen LogP contribution in [0.4, 0.5) is 0 Å². The molecule has 0 spiro atoms. The zero-order valence-electron chi connectivity index (χ0n) is 16.7. The van der Waals surface area contributed by atoms with E-state index in [1.807, 2.05) is 56.3 Å². The zero-order valence-corrected chi connectivity index (χ0v) is 16.7. The molecule has 0 fully saturated rings. The quantitative estimate of drug-likeness (QED) is 0.684. The van der Waals surface area contributed by atoms with E-state index in [4.69, 9.17) is 9.47 Å². The molecule has 0 aliphatic heterocycles. The second-order valence-corrected chi connectivity index (χ2v) is 6.27. The first-order valence-electron chi connectivity index (χ1n) is 9.47. The molecule has 2 aromatic rings. The van der Waals surface area contributed by atoms with E-state index in [2.05, 4.69) is 5.32 Å². The van der Waals surface area contributed by atoms with Gasteiger partial charge in [0.1, 0.15) is 6.04 Å². The van der Waals surface area contributed by atoms with Crippen LogP contribution >= 0.6 is 0 Å². The van der Waals surface area contributed by atoms with Crippen molar-refractivity contribution in [3.8, 4) is 11.5 Å². The fourth-order valence-electron chi connectivity index (χ4n) is 2.95. The highest BCUT2D eigenvalue weighted by molar-refractivity contribution is 5.88. The molecule has 2 aromatic carbocycles. The van der Waals surface area contributed by atoms with Crippen LogP contribution in [0.3, 0.4) is 0 Å². The normalized spacial score (nSPS) is 11.4. The highest BCUT2D eigenvalue weighted by Crippen LogP contribution is 2.26. The van der Waals surface area contributed by atoms with Gasteiger partial charge < -0.3 is 19.7 Å². The van der Waals surface area contributed by atoms with Crippen LogP contribution in [0.1, 0.15) is 25.8 Å². The molecule has 0 saturated heterocycles. The topological polar surface area (TPSA) is 67.9 Å². The molecule has 0 aliphatic carbocycles. The number of likely N-dealkylation sites (N-methyl/N-ethyl adjacent to an activating group) is 1. The molecule has 6 heteroatoms. The highest BCUT2D eigenvalue weighted by atomic mass is 16.5. The van der Waals surface area contributed by atoms with Crippen LogP contribution in [0, 0.1) is 0 Å². The summed E-state index contributed by atoms with van der Waals surface area (Å²) in [5, 5.41) is 2.82. The van der Waals surface area contributed by atoms with Crippen molar-refractivity contribution >= 4 is 11.8 Å². The molecule has 0 radical (unpaired) electrons. The van der Waals surface area contributed by atoms with E-state index in [-0.39, 0.29) is 18.4 Å². The lowest BCUT2D eigenvalue weighted by Crippen LogP contribution is -2.50. The van der Waals surface area contributed by atoms with Gasteiger partial charge in [-0.2, -0.15) is 0 Å². The molecule has 1 atom stereocenters. The first kappa shape index (κ1) is 21.3. The van der Waals surface area contributed by atoms with Crippen LogP contribution in [0.25, 0.3) is 0 Å². The van der Waals surface area contributed by atoms with Gasteiger partial charge in [-0.1, -0.05) is 49.4 Å². The molecular weight excluding hydrogens is 356 g/mol. The average molecular weight is 384 g/mol. The number of amides is 2. The predicted octanol–water partition coefficient (Wildman–Crippen LogP) is 3.02. The Labute approximate surface area is 166 Å². The van der Waals surface area contributed by atoms with Crippen molar-refractivity contribution < 1.29 is 19.1 Å². The molecule has 2 amide bonds. The van der Waals surface area contributed by atoms with Crippen molar-refractivity contribution in [3.63, 3.8) is 0 Å². The van der Waals surface area contributed by atoms with Gasteiger partial charge in [0.05, 0.1) is 7.11 Å². The van der Waals surface area contributed by atoms with Gasteiger partial charge in [-0.05, 0) is 31.0 Å². The second kappa shape index (κ2) is 11.0. The summed E-state index contributed by atoms with van der Waals surface area (Å²) in [4.78, 5) is 27.1. The summed E-state index contributed by atoms with van der Waals surface area (Å²) in [7, 11) is 1.55. The van der Waals surface area contributed by atoms with Crippen LogP contribution < -0.4 is 14.8 Å². The van der Waals surface area contributed by atoms with Gasteiger partial charge in [0, 0.05) is 13.1 Å². The highest BCUT2D eigenvalue weighted by Gasteiger charge is 2.28. The van der Waals surface area contributed by atoms with E-state index in [1.165, 1.54) is 0 Å². The molecule has 6 nitrogen and oxygen atoms in total. The summed E-state index contributed by atoms with van der Waals surface area (Å²) < 4.78 is 11.0. The summed E-state index contributed by atoms with van der Waals surface area (Å²) in [5.41, 5.74) is 0.955. The monoisotopic (exact) mass is 384 g/mol. The smallest absolute Gasteiger partial charge is 0.261 e. The summed E-state index contributed by atoms with van der Waals surface area (Å²) in [6.45, 7) is 4.43. The molecule has 150 valence electrons. The summed E-state index contributed by atoms with van der Waals surface area (Å²) >= 11 is 0. The number of hydrogen-bond donors (Lipinski definition) is 1. The SMILES string of the molecule is CCNC(=O)C(CC)N(Cc1ccccc1)C(=O)COc1ccccc1OC. The Kier molecular flexibility index (Phi) is 8.34. The fourth-order valence-corrected chi connectivity index (χ4v) is 2.95. The van der Waals surface area contributed by atoms with Gasteiger partial charge in [-0.15, -0.1) is 0 Å². The maximum Gasteiger partial charge on any atom is 0.261 e. The van der Waals surface area contributed by atoms with E-state index in [0.717, 1.165) is 5.56 Å². The minimum atomic E-state index is -0.561. The number of nitrogens with one attached hydrogen (secondary N) is 1. The minimum absolute atomic E-state index is 0.161. The number of carbonyl (C=O) groups excluding carboxylic acids is 2. The second-order valence-electron chi connectivity index (χ2n) is 6.27. The van der Waals surface area contributed by atoms with Gasteiger partial charge in [-0.25, -0.2) is 0 Å². The Bertz CT molecular complexity index is 764. The molecule has 0 aliphatic rings. The number of methoxy groups -OCH3 is 1. The number of carbonyl (C=O) groups is 2. The molecule has 1 unspecified atom stereocenters. The maximum absolute atomic E-state index is 13.0. The minimum Gasteiger partial charge on any atom is -0.493 e. The lowest BCUT2D eigenvalue weighted by atomic mass is 10.1. The number of hydrogen-bond acceptors (Lipinski definition) is 4. The van der Waals surface area contributed by atoms with E-state index >= 15 is 0 Å². The number of benzene rings is 2. The zero-order chi connectivity index (χ0) is 20.4. The summed E-state index contributed by atoms with van der Waals surface area (Å²) in [5.74, 6) is 0.629. The van der Waals surface area contributed by atoms with Crippen LogP contribution in [0.2, 0.25) is 0 Å². The molecular formula is C22H28N2O4. The van der Waals surface area contributed by atoms with Gasteiger partial charge in [0.15, 0.2) is 18.1 Å². The Hall–Kier alpha value is -3.02. The van der Waals surface area contributed by atoms with Gasteiger partial charge in [0.2, 0.25) is 5.91 Å².